The van der Waals surface area contributed by atoms with Crippen LogP contribution in [0.15, 0.2) is 0 Å². The summed E-state index contributed by atoms with van der Waals surface area (Å²) in [6, 6.07) is 0.292. The monoisotopic (exact) mass is 234 g/mol. The smallest absolute Gasteiger partial charge is 0.135 e. The highest BCUT2D eigenvalue weighted by Crippen LogP contribution is 2.24. The van der Waals surface area contributed by atoms with Crippen molar-refractivity contribution in [3.8, 4) is 0 Å². The van der Waals surface area contributed by atoms with Gasteiger partial charge in [0.2, 0.25) is 0 Å². The lowest BCUT2D eigenvalue weighted by atomic mass is 10.1. The minimum Gasteiger partial charge on any atom is -0.355 e. The van der Waals surface area contributed by atoms with Crippen molar-refractivity contribution in [2.45, 2.75) is 46.1 Å². The number of aromatic nitrogens is 2. The average molecular weight is 234 g/mol. The number of anilines is 1. The van der Waals surface area contributed by atoms with Gasteiger partial charge in [-0.2, -0.15) is 0 Å². The minimum atomic E-state index is 0.292. The Morgan fingerprint density at radius 3 is 2.59 bits per heavy atom. The van der Waals surface area contributed by atoms with Gasteiger partial charge in [-0.1, -0.05) is 13.8 Å². The molecule has 2 heterocycles. The van der Waals surface area contributed by atoms with Gasteiger partial charge in [0.05, 0.1) is 0 Å². The zero-order valence-corrected chi connectivity index (χ0v) is 11.0. The first-order valence-electron chi connectivity index (χ1n) is 6.52. The van der Waals surface area contributed by atoms with E-state index in [-0.39, 0.29) is 0 Å². The Morgan fingerprint density at radius 1 is 1.29 bits per heavy atom. The highest BCUT2D eigenvalue weighted by atomic mass is 15.2. The first-order valence-corrected chi connectivity index (χ1v) is 6.52. The average Bonchev–Trinajstić information content (AvgIpc) is 2.74. The van der Waals surface area contributed by atoms with Gasteiger partial charge in [0, 0.05) is 36.8 Å². The Hall–Kier alpha value is -1.16. The first-order chi connectivity index (χ1) is 8.15. The molecule has 1 saturated heterocycles. The molecule has 0 radical (unpaired) electrons. The molecule has 4 nitrogen and oxygen atoms in total. The summed E-state index contributed by atoms with van der Waals surface area (Å²) in [6.45, 7) is 8.29. The Kier molecular flexibility index (Phi) is 3.62. The number of nitrogens with zero attached hydrogens (tertiary/aromatic N) is 3. The lowest BCUT2D eigenvalue weighted by Crippen LogP contribution is -2.28. The second-order valence-corrected chi connectivity index (χ2v) is 4.73. The van der Waals surface area contributed by atoms with Crippen LogP contribution >= 0.6 is 0 Å². The molecule has 1 unspecified atom stereocenters. The van der Waals surface area contributed by atoms with Crippen molar-refractivity contribution in [3.05, 3.63) is 17.1 Å². The van der Waals surface area contributed by atoms with Gasteiger partial charge in [-0.05, 0) is 19.8 Å². The quantitative estimate of drug-likeness (QED) is 0.860. The van der Waals surface area contributed by atoms with Crippen LogP contribution in [-0.4, -0.2) is 29.1 Å². The SMILES string of the molecule is CCc1nc(C)c(CC)c(N2CCC(N)C2)n1. The Balaban J connectivity index is 2.39. The fourth-order valence-corrected chi connectivity index (χ4v) is 2.45. The highest BCUT2D eigenvalue weighted by Gasteiger charge is 2.23. The summed E-state index contributed by atoms with van der Waals surface area (Å²) in [6.07, 6.45) is 2.93. The van der Waals surface area contributed by atoms with E-state index in [9.17, 15) is 0 Å². The summed E-state index contributed by atoms with van der Waals surface area (Å²) in [5.41, 5.74) is 8.37. The van der Waals surface area contributed by atoms with Crippen LogP contribution in [-0.2, 0) is 12.8 Å². The third kappa shape index (κ3) is 2.41. The second-order valence-electron chi connectivity index (χ2n) is 4.73. The molecule has 0 spiro atoms. The molecule has 1 aromatic heterocycles. The van der Waals surface area contributed by atoms with Gasteiger partial charge in [-0.25, -0.2) is 9.97 Å². The van der Waals surface area contributed by atoms with Gasteiger partial charge < -0.3 is 10.6 Å². The molecule has 2 rings (SSSR count). The molecule has 1 atom stereocenters. The van der Waals surface area contributed by atoms with Gasteiger partial charge in [-0.3, -0.25) is 0 Å². The van der Waals surface area contributed by atoms with E-state index in [0.29, 0.717) is 6.04 Å². The maximum Gasteiger partial charge on any atom is 0.135 e. The molecule has 0 bridgehead atoms. The minimum absolute atomic E-state index is 0.292. The largest absolute Gasteiger partial charge is 0.355 e. The molecule has 1 aromatic rings. The summed E-state index contributed by atoms with van der Waals surface area (Å²) >= 11 is 0. The lowest BCUT2D eigenvalue weighted by Gasteiger charge is -2.21. The van der Waals surface area contributed by atoms with E-state index in [4.69, 9.17) is 10.7 Å². The molecule has 2 N–H and O–H groups in total. The third-order valence-corrected chi connectivity index (χ3v) is 3.43. The van der Waals surface area contributed by atoms with E-state index in [0.717, 1.165) is 49.7 Å². The predicted octanol–water partition coefficient (Wildman–Crippen LogP) is 1.45. The van der Waals surface area contributed by atoms with Crippen molar-refractivity contribution in [3.63, 3.8) is 0 Å². The fraction of sp³-hybridized carbons (Fsp3) is 0.692. The van der Waals surface area contributed by atoms with Crippen molar-refractivity contribution in [1.29, 1.82) is 0 Å². The van der Waals surface area contributed by atoms with E-state index in [1.165, 1.54) is 5.56 Å². The topological polar surface area (TPSA) is 55.0 Å². The van der Waals surface area contributed by atoms with E-state index >= 15 is 0 Å². The van der Waals surface area contributed by atoms with Crippen molar-refractivity contribution in [2.24, 2.45) is 5.73 Å². The van der Waals surface area contributed by atoms with Crippen LogP contribution in [0.3, 0.4) is 0 Å². The number of nitrogens with two attached hydrogens (primary N) is 1. The summed E-state index contributed by atoms with van der Waals surface area (Å²) < 4.78 is 0. The Morgan fingerprint density at radius 2 is 2.06 bits per heavy atom. The molecule has 4 heteroatoms. The first kappa shape index (κ1) is 12.3. The van der Waals surface area contributed by atoms with Gasteiger partial charge in [0.25, 0.3) is 0 Å². The lowest BCUT2D eigenvalue weighted by molar-refractivity contribution is 0.749. The van der Waals surface area contributed by atoms with Crippen molar-refractivity contribution in [1.82, 2.24) is 9.97 Å². The third-order valence-electron chi connectivity index (χ3n) is 3.43. The van der Waals surface area contributed by atoms with Crippen LogP contribution in [0.4, 0.5) is 5.82 Å². The summed E-state index contributed by atoms with van der Waals surface area (Å²) in [5, 5.41) is 0. The molecule has 17 heavy (non-hydrogen) atoms. The van der Waals surface area contributed by atoms with Crippen LogP contribution in [0.5, 0.6) is 0 Å². The molecule has 1 fully saturated rings. The highest BCUT2D eigenvalue weighted by molar-refractivity contribution is 5.50. The Bertz CT molecular complexity index is 403. The summed E-state index contributed by atoms with van der Waals surface area (Å²) in [5.74, 6) is 2.06. The fourth-order valence-electron chi connectivity index (χ4n) is 2.45. The van der Waals surface area contributed by atoms with E-state index in [1.54, 1.807) is 0 Å². The van der Waals surface area contributed by atoms with Gasteiger partial charge >= 0.3 is 0 Å². The zero-order chi connectivity index (χ0) is 12.4. The van der Waals surface area contributed by atoms with Crippen LogP contribution in [0.2, 0.25) is 0 Å². The van der Waals surface area contributed by atoms with Gasteiger partial charge in [-0.15, -0.1) is 0 Å². The van der Waals surface area contributed by atoms with E-state index in [1.807, 2.05) is 0 Å². The van der Waals surface area contributed by atoms with Gasteiger partial charge in [0.15, 0.2) is 0 Å². The molecular formula is C13H22N4. The molecule has 0 aromatic carbocycles. The zero-order valence-electron chi connectivity index (χ0n) is 11.0. The van der Waals surface area contributed by atoms with Crippen LogP contribution in [0.1, 0.15) is 37.4 Å². The number of rotatable bonds is 3. The Labute approximate surface area is 103 Å². The predicted molar refractivity (Wildman–Crippen MR) is 70.3 cm³/mol. The number of hydrogen-bond donors (Lipinski definition) is 1. The van der Waals surface area contributed by atoms with Crippen molar-refractivity contribution in [2.75, 3.05) is 18.0 Å². The molecule has 1 aliphatic heterocycles. The van der Waals surface area contributed by atoms with Crippen molar-refractivity contribution < 1.29 is 0 Å². The van der Waals surface area contributed by atoms with Gasteiger partial charge in [0.1, 0.15) is 11.6 Å². The van der Waals surface area contributed by atoms with Crippen LogP contribution in [0.25, 0.3) is 0 Å². The molecule has 0 amide bonds. The van der Waals surface area contributed by atoms with Crippen molar-refractivity contribution >= 4 is 5.82 Å². The molecule has 94 valence electrons. The maximum absolute atomic E-state index is 5.98. The van der Waals surface area contributed by atoms with E-state index in [2.05, 4.69) is 30.7 Å². The molecular weight excluding hydrogens is 212 g/mol. The summed E-state index contributed by atoms with van der Waals surface area (Å²) in [4.78, 5) is 11.6. The molecule has 0 saturated carbocycles. The molecule has 1 aliphatic rings. The van der Waals surface area contributed by atoms with Crippen LogP contribution < -0.4 is 10.6 Å². The standard InChI is InChI=1S/C13H22N4/c1-4-11-9(3)15-12(5-2)16-13(11)17-7-6-10(14)8-17/h10H,4-8,14H2,1-3H3. The normalized spacial score (nSPS) is 20.0. The summed E-state index contributed by atoms with van der Waals surface area (Å²) in [7, 11) is 0. The second kappa shape index (κ2) is 5.00. The molecule has 0 aliphatic carbocycles. The maximum atomic E-state index is 5.98. The number of aryl methyl sites for hydroxylation is 2. The van der Waals surface area contributed by atoms with Crippen LogP contribution in [0, 0.1) is 6.92 Å². The number of hydrogen-bond acceptors (Lipinski definition) is 4. The van der Waals surface area contributed by atoms with E-state index < -0.39 is 0 Å².